The number of benzene rings is 2. The maximum Gasteiger partial charge on any atom is 0.163 e. The Morgan fingerprint density at radius 1 is 1.24 bits per heavy atom. The summed E-state index contributed by atoms with van der Waals surface area (Å²) in [6, 6.07) is 11.9. The van der Waals surface area contributed by atoms with E-state index in [0.717, 1.165) is 22.4 Å². The van der Waals surface area contributed by atoms with Gasteiger partial charge in [0.1, 0.15) is 5.82 Å². The maximum absolute atomic E-state index is 13.0. The van der Waals surface area contributed by atoms with E-state index < -0.39 is 0 Å². The van der Waals surface area contributed by atoms with Crippen molar-refractivity contribution in [1.29, 1.82) is 0 Å². The van der Waals surface area contributed by atoms with E-state index in [0.29, 0.717) is 12.0 Å². The van der Waals surface area contributed by atoms with Crippen LogP contribution in [0.4, 0.5) is 10.1 Å². The third-order valence-corrected chi connectivity index (χ3v) is 4.35. The number of carbonyl (C=O) groups is 1. The highest BCUT2D eigenvalue weighted by Crippen LogP contribution is 2.29. The molecule has 0 fully saturated rings. The molecule has 1 atom stereocenters. The third-order valence-electron chi connectivity index (χ3n) is 4.35. The zero-order valence-corrected chi connectivity index (χ0v) is 14.2. The SMILES string of the molecule is CNc1cc(C(=O)C[C@H](C)c2ccc(F)cc2)ccc1-c1cn[nH]c1. The Hall–Kier alpha value is -2.95. The normalized spacial score (nSPS) is 12.0. The number of nitrogens with zero attached hydrogens (tertiary/aromatic N) is 1. The molecular formula is C20H20FN3O. The van der Waals surface area contributed by atoms with Crippen molar-refractivity contribution in [2.75, 3.05) is 12.4 Å². The van der Waals surface area contributed by atoms with Crippen molar-refractivity contribution in [3.63, 3.8) is 0 Å². The Morgan fingerprint density at radius 2 is 2.00 bits per heavy atom. The number of aromatic nitrogens is 2. The molecule has 2 N–H and O–H groups in total. The van der Waals surface area contributed by atoms with Crippen molar-refractivity contribution >= 4 is 11.5 Å². The summed E-state index contributed by atoms with van der Waals surface area (Å²) in [6.45, 7) is 1.98. The van der Waals surface area contributed by atoms with E-state index in [1.807, 2.05) is 38.4 Å². The van der Waals surface area contributed by atoms with Crippen LogP contribution in [0.3, 0.4) is 0 Å². The van der Waals surface area contributed by atoms with E-state index >= 15 is 0 Å². The minimum Gasteiger partial charge on any atom is -0.388 e. The van der Waals surface area contributed by atoms with Gasteiger partial charge in [0.05, 0.1) is 6.20 Å². The summed E-state index contributed by atoms with van der Waals surface area (Å²) < 4.78 is 13.0. The molecule has 0 aliphatic heterocycles. The fraction of sp³-hybridized carbons (Fsp3) is 0.200. The molecule has 0 saturated carbocycles. The van der Waals surface area contributed by atoms with Gasteiger partial charge in [-0.15, -0.1) is 0 Å². The van der Waals surface area contributed by atoms with E-state index in [4.69, 9.17) is 0 Å². The van der Waals surface area contributed by atoms with Crippen LogP contribution in [0.1, 0.15) is 35.2 Å². The molecule has 0 unspecified atom stereocenters. The summed E-state index contributed by atoms with van der Waals surface area (Å²) in [7, 11) is 1.83. The number of H-pyrrole nitrogens is 1. The molecule has 0 spiro atoms. The van der Waals surface area contributed by atoms with Gasteiger partial charge < -0.3 is 5.32 Å². The van der Waals surface area contributed by atoms with Crippen LogP contribution in [0, 0.1) is 5.82 Å². The Balaban J connectivity index is 1.79. The summed E-state index contributed by atoms with van der Waals surface area (Å²) in [4.78, 5) is 12.6. The van der Waals surface area contributed by atoms with Crippen LogP contribution in [0.2, 0.25) is 0 Å². The van der Waals surface area contributed by atoms with Crippen molar-refractivity contribution in [2.45, 2.75) is 19.3 Å². The summed E-state index contributed by atoms with van der Waals surface area (Å²) in [5.74, 6) is -0.178. The number of ketones is 1. The standard InChI is InChI=1S/C20H20FN3O/c1-13(14-3-6-17(21)7-4-14)9-20(25)15-5-8-18(19(10-15)22-2)16-11-23-24-12-16/h3-8,10-13,22H,9H2,1-2H3,(H,23,24)/t13-/m0/s1. The number of nitrogens with one attached hydrogen (secondary N) is 2. The lowest BCUT2D eigenvalue weighted by molar-refractivity contribution is 0.0975. The Morgan fingerprint density at radius 3 is 2.64 bits per heavy atom. The van der Waals surface area contributed by atoms with Gasteiger partial charge in [0.2, 0.25) is 0 Å². The van der Waals surface area contributed by atoms with Gasteiger partial charge in [-0.05, 0) is 29.7 Å². The molecule has 0 aliphatic carbocycles. The molecule has 1 aromatic heterocycles. The van der Waals surface area contributed by atoms with Crippen molar-refractivity contribution in [3.8, 4) is 11.1 Å². The molecule has 0 radical (unpaired) electrons. The van der Waals surface area contributed by atoms with Crippen LogP contribution >= 0.6 is 0 Å². The van der Waals surface area contributed by atoms with Crippen LogP contribution < -0.4 is 5.32 Å². The molecule has 0 saturated heterocycles. The maximum atomic E-state index is 13.0. The Kier molecular flexibility index (Phi) is 4.93. The highest BCUT2D eigenvalue weighted by Gasteiger charge is 2.15. The fourth-order valence-corrected chi connectivity index (χ4v) is 2.88. The summed E-state index contributed by atoms with van der Waals surface area (Å²) in [6.07, 6.45) is 3.93. The van der Waals surface area contributed by atoms with Gasteiger partial charge in [0.15, 0.2) is 5.78 Å². The number of hydrogen-bond donors (Lipinski definition) is 2. The predicted molar refractivity (Wildman–Crippen MR) is 97.3 cm³/mol. The van der Waals surface area contributed by atoms with E-state index in [2.05, 4.69) is 15.5 Å². The Bertz CT molecular complexity index is 857. The van der Waals surface area contributed by atoms with Crippen LogP contribution in [0.25, 0.3) is 11.1 Å². The van der Waals surface area contributed by atoms with Crippen molar-refractivity contribution in [1.82, 2.24) is 10.2 Å². The lowest BCUT2D eigenvalue weighted by Gasteiger charge is -2.13. The average Bonchev–Trinajstić information content (AvgIpc) is 3.16. The summed E-state index contributed by atoms with van der Waals surface area (Å²) in [5, 5.41) is 9.89. The first-order valence-electron chi connectivity index (χ1n) is 8.18. The molecule has 3 aromatic rings. The molecule has 2 aromatic carbocycles. The number of hydrogen-bond acceptors (Lipinski definition) is 3. The number of Topliss-reactive ketones (excluding diaryl/α,β-unsaturated/α-hetero) is 1. The molecule has 4 nitrogen and oxygen atoms in total. The summed E-state index contributed by atoms with van der Waals surface area (Å²) in [5.41, 5.74) is 4.44. The van der Waals surface area contributed by atoms with Crippen LogP contribution in [-0.4, -0.2) is 23.0 Å². The smallest absolute Gasteiger partial charge is 0.163 e. The van der Waals surface area contributed by atoms with Crippen LogP contribution in [-0.2, 0) is 0 Å². The van der Waals surface area contributed by atoms with E-state index in [1.165, 1.54) is 12.1 Å². The molecular weight excluding hydrogens is 317 g/mol. The largest absolute Gasteiger partial charge is 0.388 e. The van der Waals surface area contributed by atoms with Gasteiger partial charge in [0, 0.05) is 42.0 Å². The molecule has 5 heteroatoms. The second-order valence-corrected chi connectivity index (χ2v) is 6.08. The fourth-order valence-electron chi connectivity index (χ4n) is 2.88. The highest BCUT2D eigenvalue weighted by molar-refractivity contribution is 5.98. The minimum atomic E-state index is -0.268. The predicted octanol–water partition coefficient (Wildman–Crippen LogP) is 4.63. The molecule has 0 aliphatic rings. The topological polar surface area (TPSA) is 57.8 Å². The van der Waals surface area contributed by atoms with Crippen LogP contribution in [0.15, 0.2) is 54.9 Å². The molecule has 25 heavy (non-hydrogen) atoms. The molecule has 0 bridgehead atoms. The molecule has 1 heterocycles. The van der Waals surface area contributed by atoms with E-state index in [-0.39, 0.29) is 17.5 Å². The van der Waals surface area contributed by atoms with Gasteiger partial charge in [-0.2, -0.15) is 5.10 Å². The van der Waals surface area contributed by atoms with Gasteiger partial charge in [-0.1, -0.05) is 31.2 Å². The average molecular weight is 337 g/mol. The number of anilines is 1. The number of aromatic amines is 1. The highest BCUT2D eigenvalue weighted by atomic mass is 19.1. The monoisotopic (exact) mass is 337 g/mol. The minimum absolute atomic E-state index is 0.0275. The van der Waals surface area contributed by atoms with Crippen LogP contribution in [0.5, 0.6) is 0 Å². The third kappa shape index (κ3) is 3.76. The van der Waals surface area contributed by atoms with Gasteiger partial charge in [-0.25, -0.2) is 4.39 Å². The lowest BCUT2D eigenvalue weighted by atomic mass is 9.92. The van der Waals surface area contributed by atoms with Gasteiger partial charge in [0.25, 0.3) is 0 Å². The number of halogens is 1. The quantitative estimate of drug-likeness (QED) is 0.645. The number of rotatable bonds is 6. The van der Waals surface area contributed by atoms with Gasteiger partial charge >= 0.3 is 0 Å². The van der Waals surface area contributed by atoms with Crippen molar-refractivity contribution in [3.05, 3.63) is 71.8 Å². The lowest BCUT2D eigenvalue weighted by Crippen LogP contribution is -2.06. The molecule has 3 rings (SSSR count). The van der Waals surface area contributed by atoms with E-state index in [1.54, 1.807) is 18.3 Å². The number of carbonyl (C=O) groups excluding carboxylic acids is 1. The summed E-state index contributed by atoms with van der Waals surface area (Å²) >= 11 is 0. The zero-order chi connectivity index (χ0) is 17.8. The first-order valence-corrected chi connectivity index (χ1v) is 8.18. The zero-order valence-electron chi connectivity index (χ0n) is 14.2. The second kappa shape index (κ2) is 7.30. The van der Waals surface area contributed by atoms with Crippen molar-refractivity contribution in [2.24, 2.45) is 0 Å². The molecule has 128 valence electrons. The van der Waals surface area contributed by atoms with Crippen molar-refractivity contribution < 1.29 is 9.18 Å². The second-order valence-electron chi connectivity index (χ2n) is 6.08. The molecule has 0 amide bonds. The Labute approximate surface area is 146 Å². The first-order chi connectivity index (χ1) is 12.1. The first kappa shape index (κ1) is 16.9. The van der Waals surface area contributed by atoms with E-state index in [9.17, 15) is 9.18 Å². The van der Waals surface area contributed by atoms with Gasteiger partial charge in [-0.3, -0.25) is 9.89 Å².